The second kappa shape index (κ2) is 4.30. The van der Waals surface area contributed by atoms with Gasteiger partial charge in [0.25, 0.3) is 0 Å². The fraction of sp³-hybridized carbons (Fsp3) is 1.00. The van der Waals surface area contributed by atoms with E-state index < -0.39 is 23.5 Å². The average Bonchev–Trinajstić information content (AvgIpc) is 2.19. The molecule has 0 bridgehead atoms. The third-order valence-corrected chi connectivity index (χ3v) is 2.23. The number of hydrogen-bond donors (Lipinski definition) is 2. The summed E-state index contributed by atoms with van der Waals surface area (Å²) in [5.41, 5.74) is 0. The molecule has 64 valence electrons. The first-order valence-electron chi connectivity index (χ1n) is 3.17. The smallest absolute Gasteiger partial charge is 0.116 e. The Labute approximate surface area is 70.6 Å². The van der Waals surface area contributed by atoms with Gasteiger partial charge in [-0.05, 0) is 4.53 Å². The molecule has 2 radical (unpaired) electrons. The quantitative estimate of drug-likeness (QED) is 0.443. The van der Waals surface area contributed by atoms with Gasteiger partial charge in [-0.2, -0.15) is 17.6 Å². The number of thiol groups is 1. The summed E-state index contributed by atoms with van der Waals surface area (Å²) in [4.78, 5) is 3.32. The Balaban J connectivity index is 0.00000121. The van der Waals surface area contributed by atoms with E-state index in [4.69, 9.17) is 12.6 Å². The fourth-order valence-electron chi connectivity index (χ4n) is 0.977. The van der Waals surface area contributed by atoms with Gasteiger partial charge in [-0.25, -0.2) is 0 Å². The van der Waals surface area contributed by atoms with E-state index in [1.807, 2.05) is 0 Å². The van der Waals surface area contributed by atoms with Crippen molar-refractivity contribution in [1.82, 2.24) is 0 Å². The number of halogens is 1. The maximum Gasteiger partial charge on any atom is 0.116 e. The zero-order chi connectivity index (χ0) is 8.43. The Hall–Kier alpha value is -0.775. The minimum absolute atomic E-state index is 0. The van der Waals surface area contributed by atoms with Crippen LogP contribution in [0.1, 0.15) is 0 Å². The van der Waals surface area contributed by atoms with E-state index in [9.17, 15) is 9.63 Å². The third-order valence-electron chi connectivity index (χ3n) is 1.63. The molecule has 1 rings (SSSR count). The van der Waals surface area contributed by atoms with Gasteiger partial charge in [-0.1, -0.05) is 0 Å². The molecule has 0 spiro atoms. The molecule has 12 heavy (non-hydrogen) atoms. The molecule has 1 aliphatic heterocycles. The molecule has 0 aromatic carbocycles. The van der Waals surface area contributed by atoms with E-state index in [2.05, 4.69) is 17.6 Å². The van der Waals surface area contributed by atoms with E-state index in [0.29, 0.717) is 0 Å². The Bertz CT molecular complexity index is 144. The minimum atomic E-state index is -0.871. The first-order chi connectivity index (χ1) is 5.16. The van der Waals surface area contributed by atoms with Crippen molar-refractivity contribution in [2.45, 2.75) is 23.5 Å². The van der Waals surface area contributed by atoms with Gasteiger partial charge in [0.15, 0.2) is 0 Å². The van der Waals surface area contributed by atoms with Gasteiger partial charge >= 0.3 is 0 Å². The van der Waals surface area contributed by atoms with E-state index in [1.54, 1.807) is 0 Å². The summed E-state index contributed by atoms with van der Waals surface area (Å²) in [7, 11) is 5.35. The van der Waals surface area contributed by atoms with E-state index >= 15 is 0 Å². The molecule has 1 saturated heterocycles. The maximum absolute atomic E-state index is 11.3. The van der Waals surface area contributed by atoms with Crippen LogP contribution in [-0.4, -0.2) is 43.0 Å². The van der Waals surface area contributed by atoms with Crippen LogP contribution in [0, 0.1) is 0 Å². The third kappa shape index (κ3) is 1.88. The van der Waals surface area contributed by atoms with Crippen LogP contribution in [0.3, 0.4) is 0 Å². The van der Waals surface area contributed by atoms with Crippen molar-refractivity contribution in [3.05, 3.63) is 0 Å². The first-order valence-corrected chi connectivity index (χ1v) is 3.69. The molecule has 7 heteroatoms. The van der Waals surface area contributed by atoms with Gasteiger partial charge in [-0.3, -0.25) is 0 Å². The second-order valence-electron chi connectivity index (χ2n) is 2.40. The molecule has 0 amide bonds. The molecule has 1 N–H and O–H groups in total. The number of rotatable bonds is 2. The van der Waals surface area contributed by atoms with Crippen LogP contribution in [0.5, 0.6) is 0 Å². The Morgan fingerprint density at radius 3 is 2.58 bits per heavy atom. The predicted octanol–water partition coefficient (Wildman–Crippen LogP) is -0.560. The van der Waals surface area contributed by atoms with Crippen molar-refractivity contribution >= 4 is 20.5 Å². The zero-order valence-electron chi connectivity index (χ0n) is 6.39. The predicted molar refractivity (Wildman–Crippen MR) is 40.3 cm³/mol. The van der Waals surface area contributed by atoms with Crippen LogP contribution in [0.2, 0.25) is 0 Å². The second-order valence-corrected chi connectivity index (χ2v) is 2.99. The molecular weight excluding hydrogens is 437 g/mol. The summed E-state index contributed by atoms with van der Waals surface area (Å²) >= 11 is 3.96. The summed E-state index contributed by atoms with van der Waals surface area (Å²) in [6, 6.07) is -0.659. The molecule has 0 saturated carbocycles. The number of aliphatic hydroxyl groups is 1. The number of aliphatic hydroxyl groups excluding tert-OH is 1. The molecule has 1 fully saturated rings. The van der Waals surface area contributed by atoms with Gasteiger partial charge in [0.1, 0.15) is 20.6 Å². The topological polar surface area (TPSA) is 38.7 Å². The Kier molecular flexibility index (Phi) is 4.02. The van der Waals surface area contributed by atoms with Gasteiger partial charge in [0.05, 0.1) is 6.10 Å². The van der Waals surface area contributed by atoms with Crippen molar-refractivity contribution in [3.63, 3.8) is 0 Å². The average molecular weight is 445 g/mol. The van der Waals surface area contributed by atoms with Crippen LogP contribution in [0.25, 0.3) is 0 Å². The molecule has 3 nitrogen and oxygen atoms in total. The van der Waals surface area contributed by atoms with Crippen LogP contribution < -0.4 is 0 Å². The number of hydrogen-bond acceptors (Lipinski definition) is 4. The molecule has 0 aliphatic carbocycles. The van der Waals surface area contributed by atoms with Crippen LogP contribution in [0.15, 0.2) is 0 Å². The van der Waals surface area contributed by atoms with Crippen molar-refractivity contribution in [2.24, 2.45) is 0 Å². The Morgan fingerprint density at radius 1 is 1.67 bits per heavy atom. The molecule has 0 aromatic heterocycles. The molecular formula is C5H8BFO3RfS. The molecule has 0 aromatic rings. The van der Waals surface area contributed by atoms with Gasteiger partial charge in [0, 0.05) is 11.3 Å². The summed E-state index contributed by atoms with van der Waals surface area (Å²) < 4.78 is 16.2. The van der Waals surface area contributed by atoms with E-state index in [-0.39, 0.29) is 6.61 Å². The molecule has 4 atom stereocenters. The molecule has 4 unspecified atom stereocenters. The normalized spacial score (nSPS) is 40.9. The van der Waals surface area contributed by atoms with E-state index in [0.717, 1.165) is 0 Å². The first kappa shape index (κ1) is 11.2. The summed E-state index contributed by atoms with van der Waals surface area (Å²) in [6.45, 7) is -0.314. The molecule has 1 heterocycles. The standard InChI is InChI=1S/C5H8BFO3S.Rf/c6-5-4(11)3(8)2(10-5)1-9-7;/h2-5,8,11H,1H2;. The monoisotopic (exact) mass is 445 g/mol. The Morgan fingerprint density at radius 2 is 2.25 bits per heavy atom. The van der Waals surface area contributed by atoms with Crippen molar-refractivity contribution in [3.8, 4) is 0 Å². The SMILES string of the molecule is [B]C1OC(COF)C(O)C1S.[Rf]. The summed E-state index contributed by atoms with van der Waals surface area (Å²) in [5, 5.41) is 8.75. The zero-order valence-corrected chi connectivity index (χ0v) is 13.7. The largest absolute Gasteiger partial charge is 0.389 e. The van der Waals surface area contributed by atoms with Crippen LogP contribution in [0.4, 0.5) is 4.53 Å². The maximum atomic E-state index is 11.3. The fourth-order valence-corrected chi connectivity index (χ4v) is 1.24. The van der Waals surface area contributed by atoms with Crippen LogP contribution in [-0.2, 0) is 9.68 Å². The van der Waals surface area contributed by atoms with Crippen molar-refractivity contribution in [2.75, 3.05) is 6.61 Å². The van der Waals surface area contributed by atoms with E-state index in [1.165, 1.54) is 0 Å². The van der Waals surface area contributed by atoms with Crippen molar-refractivity contribution in [1.29, 1.82) is 0 Å². The summed E-state index contributed by atoms with van der Waals surface area (Å²) in [5.74, 6) is 0. The van der Waals surface area contributed by atoms with Gasteiger partial charge < -0.3 is 9.84 Å². The number of ether oxygens (including phenoxy) is 1. The summed E-state index contributed by atoms with van der Waals surface area (Å²) in [6.07, 6.45) is -1.58. The minimum Gasteiger partial charge on any atom is -0.389 e. The molecule has 1 aliphatic rings. The van der Waals surface area contributed by atoms with Crippen molar-refractivity contribution < 1.29 is 19.3 Å². The van der Waals surface area contributed by atoms with Gasteiger partial charge in [0.2, 0.25) is 0 Å². The van der Waals surface area contributed by atoms with Crippen LogP contribution >= 0.6 is 12.6 Å². The van der Waals surface area contributed by atoms with Gasteiger partial charge in [-0.15, -0.1) is 0 Å².